The molecule has 0 radical (unpaired) electrons. The van der Waals surface area contributed by atoms with E-state index in [0.29, 0.717) is 18.1 Å². The van der Waals surface area contributed by atoms with Gasteiger partial charge in [0.05, 0.1) is 0 Å². The largest absolute Gasteiger partial charge is 0.355 e. The van der Waals surface area contributed by atoms with Gasteiger partial charge in [0.2, 0.25) is 0 Å². The molecule has 0 bridgehead atoms. The van der Waals surface area contributed by atoms with Crippen molar-refractivity contribution in [3.8, 4) is 0 Å². The molecule has 148 valence electrons. The van der Waals surface area contributed by atoms with Crippen molar-refractivity contribution in [2.24, 2.45) is 4.99 Å². The van der Waals surface area contributed by atoms with Crippen molar-refractivity contribution in [3.63, 3.8) is 0 Å². The van der Waals surface area contributed by atoms with Gasteiger partial charge < -0.3 is 15.5 Å². The third-order valence-electron chi connectivity index (χ3n) is 5.60. The zero-order valence-corrected chi connectivity index (χ0v) is 17.6. The Kier molecular flexibility index (Phi) is 11.1. The standard InChI is InChI=1S/C20H43N5/c1-7-24(8-2)14-11-12-17(3)23-20(21-6)22-16-19(5)25-15-10-9-13-18(25)4/h17-19H,7-16H2,1-6H3,(H2,21,22,23). The first-order valence-electron chi connectivity index (χ1n) is 10.5. The second kappa shape index (κ2) is 12.5. The lowest BCUT2D eigenvalue weighted by atomic mass is 10.0. The number of nitrogens with one attached hydrogen (secondary N) is 2. The molecule has 0 saturated carbocycles. The van der Waals surface area contributed by atoms with Gasteiger partial charge in [-0.25, -0.2) is 0 Å². The Hall–Kier alpha value is -0.810. The molecule has 1 saturated heterocycles. The Morgan fingerprint density at radius 1 is 1.24 bits per heavy atom. The third kappa shape index (κ3) is 8.41. The maximum atomic E-state index is 4.41. The maximum absolute atomic E-state index is 4.41. The summed E-state index contributed by atoms with van der Waals surface area (Å²) in [6.07, 6.45) is 6.46. The minimum absolute atomic E-state index is 0.450. The molecule has 0 aromatic carbocycles. The van der Waals surface area contributed by atoms with Crippen molar-refractivity contribution < 1.29 is 0 Å². The molecular formula is C20H43N5. The SMILES string of the molecule is CCN(CC)CCCC(C)NC(=NC)NCC(C)N1CCCCC1C. The van der Waals surface area contributed by atoms with E-state index in [1.807, 2.05) is 7.05 Å². The number of nitrogens with zero attached hydrogens (tertiary/aromatic N) is 3. The molecule has 0 aliphatic carbocycles. The smallest absolute Gasteiger partial charge is 0.191 e. The topological polar surface area (TPSA) is 42.9 Å². The predicted molar refractivity (Wildman–Crippen MR) is 110 cm³/mol. The number of aliphatic imine (C=N–C) groups is 1. The summed E-state index contributed by atoms with van der Waals surface area (Å²) in [5.41, 5.74) is 0. The van der Waals surface area contributed by atoms with Crippen LogP contribution in [-0.4, -0.2) is 73.7 Å². The van der Waals surface area contributed by atoms with Gasteiger partial charge in [0, 0.05) is 31.7 Å². The normalized spacial score (nSPS) is 22.0. The van der Waals surface area contributed by atoms with Crippen molar-refractivity contribution in [2.75, 3.05) is 39.8 Å². The van der Waals surface area contributed by atoms with E-state index < -0.39 is 0 Å². The lowest BCUT2D eigenvalue weighted by Gasteiger charge is -2.38. The Bertz CT molecular complexity index is 367. The van der Waals surface area contributed by atoms with Crippen molar-refractivity contribution in [1.29, 1.82) is 0 Å². The van der Waals surface area contributed by atoms with E-state index in [2.05, 4.69) is 60.0 Å². The highest BCUT2D eigenvalue weighted by atomic mass is 15.2. The quantitative estimate of drug-likeness (QED) is 0.468. The van der Waals surface area contributed by atoms with E-state index in [-0.39, 0.29) is 0 Å². The number of rotatable bonds is 10. The molecule has 0 aromatic heterocycles. The summed E-state index contributed by atoms with van der Waals surface area (Å²) >= 11 is 0. The fraction of sp³-hybridized carbons (Fsp3) is 0.950. The first-order chi connectivity index (χ1) is 12.0. The number of hydrogen-bond donors (Lipinski definition) is 2. The van der Waals surface area contributed by atoms with E-state index in [0.717, 1.165) is 25.6 Å². The first kappa shape index (κ1) is 22.2. The van der Waals surface area contributed by atoms with Gasteiger partial charge in [0.15, 0.2) is 5.96 Å². The Morgan fingerprint density at radius 3 is 2.56 bits per heavy atom. The van der Waals surface area contributed by atoms with Crippen LogP contribution in [0.4, 0.5) is 0 Å². The molecule has 1 aliphatic heterocycles. The monoisotopic (exact) mass is 353 g/mol. The molecular weight excluding hydrogens is 310 g/mol. The van der Waals surface area contributed by atoms with Crippen LogP contribution in [0.15, 0.2) is 4.99 Å². The summed E-state index contributed by atoms with van der Waals surface area (Å²) in [7, 11) is 1.87. The van der Waals surface area contributed by atoms with Crippen LogP contribution in [-0.2, 0) is 0 Å². The van der Waals surface area contributed by atoms with E-state index in [9.17, 15) is 0 Å². The molecule has 1 heterocycles. The first-order valence-corrected chi connectivity index (χ1v) is 10.5. The van der Waals surface area contributed by atoms with Gasteiger partial charge in [-0.15, -0.1) is 0 Å². The van der Waals surface area contributed by atoms with Gasteiger partial charge in [-0.2, -0.15) is 0 Å². The van der Waals surface area contributed by atoms with E-state index in [4.69, 9.17) is 0 Å². The highest BCUT2D eigenvalue weighted by Gasteiger charge is 2.23. The van der Waals surface area contributed by atoms with Crippen molar-refractivity contribution in [2.45, 2.75) is 84.8 Å². The third-order valence-corrected chi connectivity index (χ3v) is 5.60. The summed E-state index contributed by atoms with van der Waals surface area (Å²) in [5, 5.41) is 7.07. The Morgan fingerprint density at radius 2 is 1.96 bits per heavy atom. The van der Waals surface area contributed by atoms with Crippen molar-refractivity contribution >= 4 is 5.96 Å². The number of guanidine groups is 1. The zero-order chi connectivity index (χ0) is 18.7. The predicted octanol–water partition coefficient (Wildman–Crippen LogP) is 2.92. The molecule has 25 heavy (non-hydrogen) atoms. The number of likely N-dealkylation sites (tertiary alicyclic amines) is 1. The molecule has 1 aliphatic rings. The minimum atomic E-state index is 0.450. The maximum Gasteiger partial charge on any atom is 0.191 e. The van der Waals surface area contributed by atoms with Gasteiger partial charge in [0.1, 0.15) is 0 Å². The fourth-order valence-electron chi connectivity index (χ4n) is 3.80. The lowest BCUT2D eigenvalue weighted by Crippen LogP contribution is -2.51. The number of piperidine rings is 1. The van der Waals surface area contributed by atoms with Crippen LogP contribution in [0.2, 0.25) is 0 Å². The van der Waals surface area contributed by atoms with Crippen molar-refractivity contribution in [3.05, 3.63) is 0 Å². The fourth-order valence-corrected chi connectivity index (χ4v) is 3.80. The molecule has 0 aromatic rings. The zero-order valence-electron chi connectivity index (χ0n) is 17.6. The highest BCUT2D eigenvalue weighted by molar-refractivity contribution is 5.79. The number of hydrogen-bond acceptors (Lipinski definition) is 3. The van der Waals surface area contributed by atoms with Crippen LogP contribution in [0.5, 0.6) is 0 Å². The van der Waals surface area contributed by atoms with E-state index in [1.165, 1.54) is 45.2 Å². The highest BCUT2D eigenvalue weighted by Crippen LogP contribution is 2.18. The summed E-state index contributed by atoms with van der Waals surface area (Å²) in [5.74, 6) is 0.937. The summed E-state index contributed by atoms with van der Waals surface area (Å²) in [6, 6.07) is 1.71. The van der Waals surface area contributed by atoms with Crippen LogP contribution in [0, 0.1) is 0 Å². The molecule has 3 atom stereocenters. The van der Waals surface area contributed by atoms with Gasteiger partial charge >= 0.3 is 0 Å². The van der Waals surface area contributed by atoms with Crippen LogP contribution in [0.1, 0.15) is 66.7 Å². The van der Waals surface area contributed by atoms with E-state index >= 15 is 0 Å². The summed E-state index contributed by atoms with van der Waals surface area (Å²) in [4.78, 5) is 9.53. The van der Waals surface area contributed by atoms with Crippen molar-refractivity contribution in [1.82, 2.24) is 20.4 Å². The lowest BCUT2D eigenvalue weighted by molar-refractivity contribution is 0.115. The molecule has 1 fully saturated rings. The van der Waals surface area contributed by atoms with Crippen LogP contribution in [0.3, 0.4) is 0 Å². The Balaban J connectivity index is 2.28. The molecule has 5 heteroatoms. The van der Waals surface area contributed by atoms with Gasteiger partial charge in [-0.3, -0.25) is 9.89 Å². The molecule has 2 N–H and O–H groups in total. The van der Waals surface area contributed by atoms with E-state index in [1.54, 1.807) is 0 Å². The average molecular weight is 354 g/mol. The summed E-state index contributed by atoms with van der Waals surface area (Å²) in [6.45, 7) is 17.1. The second-order valence-electron chi connectivity index (χ2n) is 7.60. The second-order valence-corrected chi connectivity index (χ2v) is 7.60. The van der Waals surface area contributed by atoms with Gasteiger partial charge in [0.25, 0.3) is 0 Å². The minimum Gasteiger partial charge on any atom is -0.355 e. The van der Waals surface area contributed by atoms with Crippen LogP contribution in [0.25, 0.3) is 0 Å². The molecule has 5 nitrogen and oxygen atoms in total. The van der Waals surface area contributed by atoms with Crippen LogP contribution >= 0.6 is 0 Å². The average Bonchev–Trinajstić information content (AvgIpc) is 2.62. The molecule has 0 amide bonds. The van der Waals surface area contributed by atoms with Crippen LogP contribution < -0.4 is 10.6 Å². The summed E-state index contributed by atoms with van der Waals surface area (Å²) < 4.78 is 0. The molecule has 1 rings (SSSR count). The van der Waals surface area contributed by atoms with Gasteiger partial charge in [-0.1, -0.05) is 20.3 Å². The van der Waals surface area contributed by atoms with Gasteiger partial charge in [-0.05, 0) is 72.6 Å². The Labute approximate surface area is 156 Å². The molecule has 0 spiro atoms. The molecule has 3 unspecified atom stereocenters.